The molecule has 3 aromatic rings. The van der Waals surface area contributed by atoms with E-state index in [4.69, 9.17) is 9.47 Å². The van der Waals surface area contributed by atoms with E-state index in [0.717, 1.165) is 16.8 Å². The van der Waals surface area contributed by atoms with Crippen LogP contribution in [0, 0.1) is 11.8 Å². The Morgan fingerprint density at radius 1 is 0.613 bits per heavy atom. The number of carbonyl (C=O) groups is 2. The lowest BCUT2D eigenvalue weighted by Crippen LogP contribution is -2.32. The second-order valence-corrected chi connectivity index (χ2v) is 7.55. The quantitative estimate of drug-likeness (QED) is 0.572. The van der Waals surface area contributed by atoms with Gasteiger partial charge in [0.1, 0.15) is 0 Å². The first-order valence-electron chi connectivity index (χ1n) is 10.3. The molecule has 1 aliphatic heterocycles. The Hall–Kier alpha value is -3.60. The molecule has 3 aromatic carbocycles. The maximum Gasteiger partial charge on any atom is 0.312 e. The fraction of sp³-hybridized carbons (Fsp3) is 0.231. The van der Waals surface area contributed by atoms with E-state index in [1.54, 1.807) is 0 Å². The first-order valence-corrected chi connectivity index (χ1v) is 10.3. The van der Waals surface area contributed by atoms with Gasteiger partial charge in [0.2, 0.25) is 0 Å². The highest BCUT2D eigenvalue weighted by Crippen LogP contribution is 2.54. The van der Waals surface area contributed by atoms with Crippen LogP contribution in [-0.2, 0) is 19.1 Å². The van der Waals surface area contributed by atoms with Gasteiger partial charge in [-0.3, -0.25) is 9.59 Å². The Morgan fingerprint density at radius 2 is 0.968 bits per heavy atom. The summed E-state index contributed by atoms with van der Waals surface area (Å²) in [5.74, 6) is -2.32. The summed E-state index contributed by atoms with van der Waals surface area (Å²) in [6, 6.07) is 28.6. The lowest BCUT2D eigenvalue weighted by Gasteiger charge is -2.34. The average Bonchev–Trinajstić information content (AvgIpc) is 3.21. The van der Waals surface area contributed by atoms with Crippen LogP contribution in [0.2, 0.25) is 0 Å². The van der Waals surface area contributed by atoms with Crippen molar-refractivity contribution in [2.45, 2.75) is 12.1 Å². The van der Waals surface area contributed by atoms with Gasteiger partial charge in [0.05, 0.1) is 38.1 Å². The number of esters is 2. The van der Waals surface area contributed by atoms with Crippen molar-refractivity contribution in [3.63, 3.8) is 0 Å². The van der Waals surface area contributed by atoms with E-state index in [9.17, 15) is 9.59 Å². The van der Waals surface area contributed by atoms with Crippen LogP contribution in [0.25, 0.3) is 0 Å². The topological polar surface area (TPSA) is 55.8 Å². The average molecular weight is 415 g/mol. The van der Waals surface area contributed by atoms with E-state index in [0.29, 0.717) is 0 Å². The molecule has 4 atom stereocenters. The van der Waals surface area contributed by atoms with Crippen molar-refractivity contribution in [2.75, 3.05) is 19.1 Å². The SMILES string of the molecule is COC(=O)[C@H]1[C@H](C(=O)OC)[C@H](c2ccccc2)N(c2ccccc2)[C@H]1c1ccccc1. The molecule has 31 heavy (non-hydrogen) atoms. The molecule has 1 aliphatic rings. The Labute approximate surface area is 182 Å². The zero-order valence-electron chi connectivity index (χ0n) is 17.5. The minimum Gasteiger partial charge on any atom is -0.469 e. The van der Waals surface area contributed by atoms with Gasteiger partial charge in [0, 0.05) is 5.69 Å². The molecule has 0 spiro atoms. The summed E-state index contributed by atoms with van der Waals surface area (Å²) in [5, 5.41) is 0. The molecule has 0 radical (unpaired) electrons. The molecule has 158 valence electrons. The molecule has 0 aliphatic carbocycles. The normalized spacial score (nSPS) is 22.7. The van der Waals surface area contributed by atoms with E-state index in [1.165, 1.54) is 14.2 Å². The highest BCUT2D eigenvalue weighted by Gasteiger charge is 2.57. The Morgan fingerprint density at radius 3 is 1.32 bits per heavy atom. The summed E-state index contributed by atoms with van der Waals surface area (Å²) in [6.45, 7) is 0. The Kier molecular flexibility index (Phi) is 6.03. The molecule has 0 N–H and O–H groups in total. The second-order valence-electron chi connectivity index (χ2n) is 7.55. The molecule has 5 nitrogen and oxygen atoms in total. The smallest absolute Gasteiger partial charge is 0.312 e. The van der Waals surface area contributed by atoms with E-state index in [1.807, 2.05) is 91.0 Å². The number of hydrogen-bond donors (Lipinski definition) is 0. The van der Waals surface area contributed by atoms with Crippen molar-refractivity contribution < 1.29 is 19.1 Å². The van der Waals surface area contributed by atoms with Gasteiger partial charge < -0.3 is 14.4 Å². The molecule has 0 aromatic heterocycles. The summed E-state index contributed by atoms with van der Waals surface area (Å²) < 4.78 is 10.4. The molecule has 4 rings (SSSR count). The van der Waals surface area contributed by atoms with Crippen LogP contribution in [0.3, 0.4) is 0 Å². The fourth-order valence-corrected chi connectivity index (χ4v) is 4.69. The van der Waals surface area contributed by atoms with E-state index < -0.39 is 35.9 Å². The largest absolute Gasteiger partial charge is 0.469 e. The van der Waals surface area contributed by atoms with Crippen molar-refractivity contribution in [2.24, 2.45) is 11.8 Å². The zero-order chi connectivity index (χ0) is 21.8. The van der Waals surface area contributed by atoms with Gasteiger partial charge in [-0.05, 0) is 23.3 Å². The second kappa shape index (κ2) is 9.04. The third-order valence-corrected chi connectivity index (χ3v) is 5.95. The molecule has 1 fully saturated rings. The minimum absolute atomic E-state index is 0.398. The van der Waals surface area contributed by atoms with Gasteiger partial charge in [-0.15, -0.1) is 0 Å². The van der Waals surface area contributed by atoms with Crippen LogP contribution in [0.15, 0.2) is 91.0 Å². The highest BCUT2D eigenvalue weighted by molar-refractivity contribution is 5.86. The Balaban J connectivity index is 1.99. The molecule has 5 heteroatoms. The number of hydrogen-bond acceptors (Lipinski definition) is 5. The van der Waals surface area contributed by atoms with Crippen LogP contribution >= 0.6 is 0 Å². The summed E-state index contributed by atoms with van der Waals surface area (Å²) in [6.07, 6.45) is 0. The maximum absolute atomic E-state index is 13.1. The van der Waals surface area contributed by atoms with Gasteiger partial charge in [0.15, 0.2) is 0 Å². The number of para-hydroxylation sites is 1. The minimum atomic E-state index is -0.731. The predicted molar refractivity (Wildman–Crippen MR) is 118 cm³/mol. The van der Waals surface area contributed by atoms with Crippen molar-refractivity contribution in [1.29, 1.82) is 0 Å². The molecule has 0 unspecified atom stereocenters. The first kappa shape index (κ1) is 20.7. The molecular weight excluding hydrogens is 390 g/mol. The number of ether oxygens (including phenoxy) is 2. The number of rotatable bonds is 5. The van der Waals surface area contributed by atoms with E-state index in [-0.39, 0.29) is 0 Å². The van der Waals surface area contributed by atoms with Crippen molar-refractivity contribution >= 4 is 17.6 Å². The molecule has 1 heterocycles. The summed E-state index contributed by atoms with van der Waals surface area (Å²) in [7, 11) is 2.73. The fourth-order valence-electron chi connectivity index (χ4n) is 4.69. The lowest BCUT2D eigenvalue weighted by molar-refractivity contribution is -0.157. The van der Waals surface area contributed by atoms with E-state index in [2.05, 4.69) is 4.90 Å². The number of benzene rings is 3. The van der Waals surface area contributed by atoms with E-state index >= 15 is 0 Å². The monoisotopic (exact) mass is 415 g/mol. The maximum atomic E-state index is 13.1. The van der Waals surface area contributed by atoms with Gasteiger partial charge in [-0.2, -0.15) is 0 Å². The molecular formula is C26H25NO4. The molecule has 0 bridgehead atoms. The molecule has 1 saturated heterocycles. The number of carbonyl (C=O) groups excluding carboxylic acids is 2. The van der Waals surface area contributed by atoms with Crippen LogP contribution < -0.4 is 4.90 Å². The van der Waals surface area contributed by atoms with Crippen LogP contribution in [0.4, 0.5) is 5.69 Å². The third-order valence-electron chi connectivity index (χ3n) is 5.95. The Bertz CT molecular complexity index is 958. The summed E-state index contributed by atoms with van der Waals surface area (Å²) >= 11 is 0. The molecule has 0 amide bonds. The lowest BCUT2D eigenvalue weighted by atomic mass is 9.82. The predicted octanol–water partition coefficient (Wildman–Crippen LogP) is 4.57. The van der Waals surface area contributed by atoms with Crippen molar-refractivity contribution in [3.05, 3.63) is 102 Å². The summed E-state index contributed by atoms with van der Waals surface area (Å²) in [5.41, 5.74) is 2.80. The van der Waals surface area contributed by atoms with Crippen LogP contribution in [0.1, 0.15) is 23.2 Å². The van der Waals surface area contributed by atoms with Crippen molar-refractivity contribution in [1.82, 2.24) is 0 Å². The first-order chi connectivity index (χ1) is 15.2. The van der Waals surface area contributed by atoms with Gasteiger partial charge in [-0.25, -0.2) is 0 Å². The van der Waals surface area contributed by atoms with Gasteiger partial charge in [0.25, 0.3) is 0 Å². The number of nitrogens with zero attached hydrogens (tertiary/aromatic N) is 1. The molecule has 0 saturated carbocycles. The van der Waals surface area contributed by atoms with Gasteiger partial charge in [-0.1, -0.05) is 78.9 Å². The standard InChI is InChI=1S/C26H25NO4/c1-30-25(28)21-22(26(29)31-2)24(19-14-8-4-9-15-19)27(20-16-10-5-11-17-20)23(21)18-12-6-3-7-13-18/h3-17,21-24H,1-2H3/t21-,22-,23-,24-/m0/s1. The van der Waals surface area contributed by atoms with Crippen molar-refractivity contribution in [3.8, 4) is 0 Å². The van der Waals surface area contributed by atoms with Crippen LogP contribution in [0.5, 0.6) is 0 Å². The van der Waals surface area contributed by atoms with Crippen LogP contribution in [-0.4, -0.2) is 26.2 Å². The number of anilines is 1. The van der Waals surface area contributed by atoms with Gasteiger partial charge >= 0.3 is 11.9 Å². The third kappa shape index (κ3) is 3.79. The summed E-state index contributed by atoms with van der Waals surface area (Å²) in [4.78, 5) is 28.4. The zero-order valence-corrected chi connectivity index (χ0v) is 17.5. The highest BCUT2D eigenvalue weighted by atomic mass is 16.5. The number of methoxy groups -OCH3 is 2.